The molecule has 0 aliphatic heterocycles. The fraction of sp³-hybridized carbons (Fsp3) is 0.833. The summed E-state index contributed by atoms with van der Waals surface area (Å²) in [6, 6.07) is 0. The van der Waals surface area contributed by atoms with Crippen LogP contribution in [0, 0.1) is 23.7 Å². The molecular weight excluding hydrogens is 176 g/mol. The van der Waals surface area contributed by atoms with Gasteiger partial charge in [0.2, 0.25) is 0 Å². The molecule has 80 valence electrons. The predicted octanol–water partition coefficient (Wildman–Crippen LogP) is 2.11. The molecule has 0 unspecified atom stereocenters. The van der Waals surface area contributed by atoms with Crippen molar-refractivity contribution in [3.63, 3.8) is 0 Å². The Morgan fingerprint density at radius 3 is 2.50 bits per heavy atom. The zero-order chi connectivity index (χ0) is 10.1. The van der Waals surface area contributed by atoms with Crippen molar-refractivity contribution in [2.45, 2.75) is 13.3 Å². The third-order valence-electron chi connectivity index (χ3n) is 3.92. The molecule has 0 spiro atoms. The number of methoxy groups -OCH3 is 2. The topological polar surface area (TPSA) is 18.5 Å². The van der Waals surface area contributed by atoms with E-state index in [1.165, 1.54) is 6.42 Å². The lowest BCUT2D eigenvalue weighted by molar-refractivity contribution is 0.0628. The van der Waals surface area contributed by atoms with Crippen LogP contribution >= 0.6 is 0 Å². The van der Waals surface area contributed by atoms with Crippen molar-refractivity contribution in [3.8, 4) is 0 Å². The first-order valence-corrected chi connectivity index (χ1v) is 5.44. The summed E-state index contributed by atoms with van der Waals surface area (Å²) >= 11 is 0. The average molecular weight is 196 g/mol. The van der Waals surface area contributed by atoms with Crippen molar-refractivity contribution < 1.29 is 9.47 Å². The van der Waals surface area contributed by atoms with E-state index in [1.807, 2.05) is 0 Å². The van der Waals surface area contributed by atoms with Crippen LogP contribution in [0.3, 0.4) is 0 Å². The molecule has 0 aromatic heterocycles. The van der Waals surface area contributed by atoms with Crippen molar-refractivity contribution in [1.82, 2.24) is 0 Å². The lowest BCUT2D eigenvalue weighted by atomic mass is 9.81. The van der Waals surface area contributed by atoms with Gasteiger partial charge in [-0.15, -0.1) is 0 Å². The van der Waals surface area contributed by atoms with Crippen LogP contribution in [0.1, 0.15) is 13.3 Å². The van der Waals surface area contributed by atoms with Crippen molar-refractivity contribution in [1.29, 1.82) is 0 Å². The first kappa shape index (κ1) is 10.2. The van der Waals surface area contributed by atoms with E-state index in [2.05, 4.69) is 13.0 Å². The van der Waals surface area contributed by atoms with E-state index >= 15 is 0 Å². The smallest absolute Gasteiger partial charge is 0.0499 e. The highest BCUT2D eigenvalue weighted by Gasteiger charge is 2.46. The number of allylic oxidation sites excluding steroid dienone is 2. The van der Waals surface area contributed by atoms with Crippen molar-refractivity contribution in [2.24, 2.45) is 23.7 Å². The number of rotatable bonds is 4. The minimum absolute atomic E-state index is 0.689. The molecule has 0 radical (unpaired) electrons. The molecule has 0 aromatic rings. The number of hydrogen-bond acceptors (Lipinski definition) is 2. The highest BCUT2D eigenvalue weighted by Crippen LogP contribution is 2.51. The van der Waals surface area contributed by atoms with Gasteiger partial charge in [-0.3, -0.25) is 0 Å². The molecule has 1 fully saturated rings. The molecule has 2 nitrogen and oxygen atoms in total. The molecule has 2 bridgehead atoms. The molecule has 14 heavy (non-hydrogen) atoms. The highest BCUT2D eigenvalue weighted by atomic mass is 16.5. The number of ether oxygens (including phenoxy) is 2. The summed E-state index contributed by atoms with van der Waals surface area (Å²) in [5, 5.41) is 0. The lowest BCUT2D eigenvalue weighted by Crippen LogP contribution is -2.28. The molecule has 0 aromatic carbocycles. The van der Waals surface area contributed by atoms with Gasteiger partial charge in [0.25, 0.3) is 0 Å². The Balaban J connectivity index is 2.09. The van der Waals surface area contributed by atoms with Crippen LogP contribution in [0.15, 0.2) is 11.6 Å². The summed E-state index contributed by atoms with van der Waals surface area (Å²) in [4.78, 5) is 0. The lowest BCUT2D eigenvalue weighted by Gasteiger charge is -2.29. The Morgan fingerprint density at radius 1 is 1.21 bits per heavy atom. The molecule has 4 atom stereocenters. The molecular formula is C12H20O2. The van der Waals surface area contributed by atoms with Gasteiger partial charge < -0.3 is 9.47 Å². The summed E-state index contributed by atoms with van der Waals surface area (Å²) in [6.45, 7) is 4.04. The fourth-order valence-corrected chi connectivity index (χ4v) is 3.31. The zero-order valence-electron chi connectivity index (χ0n) is 9.32. The molecule has 2 aliphatic carbocycles. The molecule has 0 saturated heterocycles. The fourth-order valence-electron chi connectivity index (χ4n) is 3.31. The summed E-state index contributed by atoms with van der Waals surface area (Å²) < 4.78 is 10.6. The molecule has 1 saturated carbocycles. The molecule has 2 rings (SSSR count). The Morgan fingerprint density at radius 2 is 1.86 bits per heavy atom. The third-order valence-corrected chi connectivity index (χ3v) is 3.92. The third kappa shape index (κ3) is 1.51. The van der Waals surface area contributed by atoms with Gasteiger partial charge in [-0.05, 0) is 37.0 Å². The van der Waals surface area contributed by atoms with Crippen molar-refractivity contribution >= 4 is 0 Å². The maximum atomic E-state index is 5.32. The second-order valence-electron chi connectivity index (χ2n) is 4.66. The minimum Gasteiger partial charge on any atom is -0.384 e. The maximum absolute atomic E-state index is 5.32. The Bertz CT molecular complexity index is 234. The summed E-state index contributed by atoms with van der Waals surface area (Å²) in [6.07, 6.45) is 3.77. The van der Waals surface area contributed by atoms with E-state index in [4.69, 9.17) is 9.47 Å². The summed E-state index contributed by atoms with van der Waals surface area (Å²) in [5.74, 6) is 2.89. The number of fused-ring (bicyclic) bond motifs is 2. The number of hydrogen-bond donors (Lipinski definition) is 0. The Kier molecular flexibility index (Phi) is 2.93. The van der Waals surface area contributed by atoms with E-state index < -0.39 is 0 Å². The van der Waals surface area contributed by atoms with E-state index in [-0.39, 0.29) is 0 Å². The molecule has 0 amide bonds. The predicted molar refractivity (Wildman–Crippen MR) is 56.1 cm³/mol. The second-order valence-corrected chi connectivity index (χ2v) is 4.66. The first-order valence-electron chi connectivity index (χ1n) is 5.44. The first-order chi connectivity index (χ1) is 6.77. The van der Waals surface area contributed by atoms with Gasteiger partial charge in [0.1, 0.15) is 0 Å². The van der Waals surface area contributed by atoms with E-state index in [0.29, 0.717) is 11.8 Å². The molecule has 2 heteroatoms. The van der Waals surface area contributed by atoms with Crippen LogP contribution in [0.2, 0.25) is 0 Å². The largest absolute Gasteiger partial charge is 0.384 e. The van der Waals surface area contributed by atoms with Crippen LogP contribution in [0.4, 0.5) is 0 Å². The maximum Gasteiger partial charge on any atom is 0.0499 e. The van der Waals surface area contributed by atoms with Crippen molar-refractivity contribution in [2.75, 3.05) is 27.4 Å². The second kappa shape index (κ2) is 4.03. The van der Waals surface area contributed by atoms with Crippen LogP contribution < -0.4 is 0 Å². The van der Waals surface area contributed by atoms with Gasteiger partial charge in [-0.25, -0.2) is 0 Å². The van der Waals surface area contributed by atoms with Crippen LogP contribution in [0.25, 0.3) is 0 Å². The summed E-state index contributed by atoms with van der Waals surface area (Å²) in [5.41, 5.74) is 1.57. The highest BCUT2D eigenvalue weighted by molar-refractivity contribution is 5.21. The van der Waals surface area contributed by atoms with Gasteiger partial charge in [-0.1, -0.05) is 11.6 Å². The van der Waals surface area contributed by atoms with Gasteiger partial charge in [-0.2, -0.15) is 0 Å². The average Bonchev–Trinajstić information content (AvgIpc) is 2.66. The SMILES string of the molecule is COC[C@@H]1[C@H](COC)[C@@H]2C=C(C)[C@H]1C2. The Hall–Kier alpha value is -0.340. The van der Waals surface area contributed by atoms with Crippen LogP contribution in [0.5, 0.6) is 0 Å². The molecule has 0 N–H and O–H groups in total. The standard InChI is InChI=1S/C12H20O2/c1-8-4-9-5-10(8)12(7-14-3)11(9)6-13-2/h4,9-12H,5-7H2,1-3H3/t9-,10-,11-,12+/m1/s1. The molecule has 0 heterocycles. The van der Waals surface area contributed by atoms with Gasteiger partial charge in [0.15, 0.2) is 0 Å². The summed E-state index contributed by atoms with van der Waals surface area (Å²) in [7, 11) is 3.60. The quantitative estimate of drug-likeness (QED) is 0.641. The monoisotopic (exact) mass is 196 g/mol. The van der Waals surface area contributed by atoms with E-state index in [9.17, 15) is 0 Å². The minimum atomic E-state index is 0.689. The van der Waals surface area contributed by atoms with Gasteiger partial charge in [0, 0.05) is 27.4 Å². The van der Waals surface area contributed by atoms with E-state index in [1.54, 1.807) is 19.8 Å². The van der Waals surface area contributed by atoms with Crippen LogP contribution in [-0.2, 0) is 9.47 Å². The zero-order valence-corrected chi connectivity index (χ0v) is 9.32. The Labute approximate surface area is 86.3 Å². The van der Waals surface area contributed by atoms with Crippen molar-refractivity contribution in [3.05, 3.63) is 11.6 Å². The molecule has 2 aliphatic rings. The van der Waals surface area contributed by atoms with E-state index in [0.717, 1.165) is 25.0 Å². The van der Waals surface area contributed by atoms with Crippen LogP contribution in [-0.4, -0.2) is 27.4 Å². The van der Waals surface area contributed by atoms with Gasteiger partial charge >= 0.3 is 0 Å². The van der Waals surface area contributed by atoms with Gasteiger partial charge in [0.05, 0.1) is 0 Å². The normalized spacial score (nSPS) is 40.4.